The molecule has 1 aromatic heterocycles. The molecule has 1 heterocycles. The summed E-state index contributed by atoms with van der Waals surface area (Å²) in [7, 11) is 1.37. The van der Waals surface area contributed by atoms with Gasteiger partial charge in [-0.05, 0) is 24.1 Å². The van der Waals surface area contributed by atoms with Crippen LogP contribution in [0.15, 0.2) is 18.3 Å². The molecule has 0 aliphatic carbocycles. The van der Waals surface area contributed by atoms with Crippen LogP contribution >= 0.6 is 11.6 Å². The molecule has 0 aliphatic rings. The van der Waals surface area contributed by atoms with Crippen LogP contribution in [0.4, 0.5) is 0 Å². The second kappa shape index (κ2) is 5.51. The molecule has 1 rings (SSSR count). The molecule has 0 radical (unpaired) electrons. The van der Waals surface area contributed by atoms with Crippen molar-refractivity contribution in [2.24, 2.45) is 0 Å². The van der Waals surface area contributed by atoms with Crippen LogP contribution in [0.3, 0.4) is 0 Å². The lowest BCUT2D eigenvalue weighted by atomic mass is 10.2. The van der Waals surface area contributed by atoms with Crippen LogP contribution in [0.5, 0.6) is 0 Å². The maximum atomic E-state index is 10.8. The zero-order valence-corrected chi connectivity index (χ0v) is 9.41. The number of hydrogen-bond donors (Lipinski definition) is 0. The third kappa shape index (κ3) is 3.72. The number of carbonyl (C=O) groups excluding carboxylic acids is 1. The van der Waals surface area contributed by atoms with Crippen LogP contribution in [-0.2, 0) is 9.53 Å². The number of carbonyl (C=O) groups is 1. The van der Waals surface area contributed by atoms with Crippen molar-refractivity contribution in [2.45, 2.75) is 13.3 Å². The van der Waals surface area contributed by atoms with E-state index in [0.717, 1.165) is 11.1 Å². The minimum Gasteiger partial charge on any atom is -0.469 e. The van der Waals surface area contributed by atoms with Gasteiger partial charge in [-0.15, -0.1) is 0 Å². The number of rotatable bonds is 3. The van der Waals surface area contributed by atoms with Crippen LogP contribution < -0.4 is 0 Å². The first kappa shape index (κ1) is 11.7. The second-order valence-electron chi connectivity index (χ2n) is 3.06. The van der Waals surface area contributed by atoms with E-state index in [1.165, 1.54) is 7.11 Å². The monoisotopic (exact) mass is 225 g/mol. The molecule has 0 spiro atoms. The maximum absolute atomic E-state index is 10.8. The smallest absolute Gasteiger partial charge is 0.309 e. The molecule has 1 aromatic rings. The number of pyridine rings is 1. The minimum absolute atomic E-state index is 0.259. The fourth-order valence-electron chi connectivity index (χ4n) is 1.05. The Morgan fingerprint density at radius 3 is 3.00 bits per heavy atom. The van der Waals surface area contributed by atoms with Gasteiger partial charge >= 0.3 is 5.97 Å². The number of hydrogen-bond acceptors (Lipinski definition) is 3. The molecule has 3 nitrogen and oxygen atoms in total. The second-order valence-corrected chi connectivity index (χ2v) is 3.42. The van der Waals surface area contributed by atoms with Gasteiger partial charge in [0, 0.05) is 6.20 Å². The molecular formula is C11H12ClNO2. The molecule has 4 heteroatoms. The molecule has 0 amide bonds. The van der Waals surface area contributed by atoms with Crippen molar-refractivity contribution in [1.82, 2.24) is 4.98 Å². The van der Waals surface area contributed by atoms with Gasteiger partial charge in [0.2, 0.25) is 0 Å². The summed E-state index contributed by atoms with van der Waals surface area (Å²) in [6.45, 7) is 1.88. The van der Waals surface area contributed by atoms with Crippen molar-refractivity contribution in [3.63, 3.8) is 0 Å². The Kier molecular flexibility index (Phi) is 4.31. The summed E-state index contributed by atoms with van der Waals surface area (Å²) < 4.78 is 4.50. The van der Waals surface area contributed by atoms with Crippen LogP contribution in [0.25, 0.3) is 6.08 Å². The lowest BCUT2D eigenvalue weighted by Crippen LogP contribution is -1.96. The van der Waals surface area contributed by atoms with Crippen LogP contribution in [0.2, 0.25) is 5.15 Å². The third-order valence-corrected chi connectivity index (χ3v) is 2.25. The summed E-state index contributed by atoms with van der Waals surface area (Å²) in [5, 5.41) is 0.500. The van der Waals surface area contributed by atoms with Crippen molar-refractivity contribution in [1.29, 1.82) is 0 Å². The Morgan fingerprint density at radius 2 is 2.40 bits per heavy atom. The van der Waals surface area contributed by atoms with Gasteiger partial charge in [-0.25, -0.2) is 4.98 Å². The molecule has 0 saturated carbocycles. The number of aromatic nitrogens is 1. The average molecular weight is 226 g/mol. The van der Waals surface area contributed by atoms with Crippen molar-refractivity contribution in [2.75, 3.05) is 7.11 Å². The number of esters is 1. The van der Waals surface area contributed by atoms with Gasteiger partial charge in [-0.1, -0.05) is 23.8 Å². The van der Waals surface area contributed by atoms with Crippen LogP contribution in [-0.4, -0.2) is 18.1 Å². The van der Waals surface area contributed by atoms with Gasteiger partial charge in [0.15, 0.2) is 0 Å². The van der Waals surface area contributed by atoms with Gasteiger partial charge in [0.05, 0.1) is 13.5 Å². The molecule has 0 aliphatic heterocycles. The van der Waals surface area contributed by atoms with E-state index in [2.05, 4.69) is 9.72 Å². The van der Waals surface area contributed by atoms with E-state index in [1.54, 1.807) is 12.3 Å². The highest BCUT2D eigenvalue weighted by atomic mass is 35.5. The highest BCUT2D eigenvalue weighted by molar-refractivity contribution is 6.30. The zero-order chi connectivity index (χ0) is 11.3. The standard InChI is InChI=1S/C11H12ClNO2/c1-8-6-9(7-13-11(8)12)4-3-5-10(14)15-2/h3-4,6-7H,5H2,1-2H3. The fraction of sp³-hybridized carbons (Fsp3) is 0.273. The summed E-state index contributed by atoms with van der Waals surface area (Å²) in [6.07, 6.45) is 5.46. The zero-order valence-electron chi connectivity index (χ0n) is 8.66. The van der Waals surface area contributed by atoms with Gasteiger partial charge < -0.3 is 4.74 Å². The summed E-state index contributed by atoms with van der Waals surface area (Å²) in [4.78, 5) is 14.8. The first-order valence-corrected chi connectivity index (χ1v) is 4.87. The number of halogens is 1. The summed E-state index contributed by atoms with van der Waals surface area (Å²) in [5.41, 5.74) is 1.83. The molecule has 0 saturated heterocycles. The third-order valence-electron chi connectivity index (χ3n) is 1.86. The van der Waals surface area contributed by atoms with E-state index in [-0.39, 0.29) is 12.4 Å². The van der Waals surface area contributed by atoms with Gasteiger partial charge in [0.25, 0.3) is 0 Å². The van der Waals surface area contributed by atoms with Gasteiger partial charge in [-0.2, -0.15) is 0 Å². The molecule has 0 N–H and O–H groups in total. The average Bonchev–Trinajstić information content (AvgIpc) is 2.23. The van der Waals surface area contributed by atoms with Gasteiger partial charge in [-0.3, -0.25) is 4.79 Å². The lowest BCUT2D eigenvalue weighted by molar-refractivity contribution is -0.139. The molecule has 0 atom stereocenters. The van der Waals surface area contributed by atoms with E-state index in [0.29, 0.717) is 5.15 Å². The van der Waals surface area contributed by atoms with Crippen molar-refractivity contribution in [3.05, 3.63) is 34.6 Å². The Balaban J connectivity index is 2.65. The largest absolute Gasteiger partial charge is 0.469 e. The molecule has 15 heavy (non-hydrogen) atoms. The van der Waals surface area contributed by atoms with E-state index >= 15 is 0 Å². The van der Waals surface area contributed by atoms with E-state index in [4.69, 9.17) is 11.6 Å². The predicted molar refractivity (Wildman–Crippen MR) is 59.7 cm³/mol. The Hall–Kier alpha value is -1.35. The van der Waals surface area contributed by atoms with E-state index in [9.17, 15) is 4.79 Å². The summed E-state index contributed by atoms with van der Waals surface area (Å²) in [6, 6.07) is 1.91. The topological polar surface area (TPSA) is 39.2 Å². The first-order valence-electron chi connectivity index (χ1n) is 4.49. The van der Waals surface area contributed by atoms with Gasteiger partial charge in [0.1, 0.15) is 5.15 Å². The Morgan fingerprint density at radius 1 is 1.67 bits per heavy atom. The molecule has 0 fully saturated rings. The molecule has 0 aromatic carbocycles. The Bertz CT molecular complexity index is 388. The van der Waals surface area contributed by atoms with E-state index in [1.807, 2.05) is 19.1 Å². The number of ether oxygens (including phenoxy) is 1. The number of aryl methyl sites for hydroxylation is 1. The number of methoxy groups -OCH3 is 1. The van der Waals surface area contributed by atoms with Crippen molar-refractivity contribution < 1.29 is 9.53 Å². The normalized spacial score (nSPS) is 10.6. The molecule has 0 unspecified atom stereocenters. The Labute approximate surface area is 93.7 Å². The van der Waals surface area contributed by atoms with E-state index < -0.39 is 0 Å². The molecule has 80 valence electrons. The quantitative estimate of drug-likeness (QED) is 0.586. The lowest BCUT2D eigenvalue weighted by Gasteiger charge is -1.98. The highest BCUT2D eigenvalue weighted by Crippen LogP contribution is 2.13. The predicted octanol–water partition coefficient (Wildman–Crippen LogP) is 2.62. The highest BCUT2D eigenvalue weighted by Gasteiger charge is 1.97. The maximum Gasteiger partial charge on any atom is 0.309 e. The molecule has 0 bridgehead atoms. The minimum atomic E-state index is -0.259. The van der Waals surface area contributed by atoms with Crippen LogP contribution in [0.1, 0.15) is 17.5 Å². The van der Waals surface area contributed by atoms with Crippen molar-refractivity contribution in [3.8, 4) is 0 Å². The molecular weight excluding hydrogens is 214 g/mol. The SMILES string of the molecule is COC(=O)CC=Cc1cnc(Cl)c(C)c1. The first-order chi connectivity index (χ1) is 7.13. The fourth-order valence-corrected chi connectivity index (χ4v) is 1.15. The number of nitrogens with zero attached hydrogens (tertiary/aromatic N) is 1. The summed E-state index contributed by atoms with van der Waals surface area (Å²) in [5.74, 6) is -0.259. The summed E-state index contributed by atoms with van der Waals surface area (Å²) >= 11 is 5.78. The van der Waals surface area contributed by atoms with Crippen LogP contribution in [0, 0.1) is 6.92 Å². The van der Waals surface area contributed by atoms with Crippen molar-refractivity contribution >= 4 is 23.6 Å².